The summed E-state index contributed by atoms with van der Waals surface area (Å²) in [5.74, 6) is 0.190. The van der Waals surface area contributed by atoms with Gasteiger partial charge in [0.1, 0.15) is 0 Å². The van der Waals surface area contributed by atoms with Gasteiger partial charge in [-0.15, -0.1) is 0 Å². The third kappa shape index (κ3) is 1.69. The summed E-state index contributed by atoms with van der Waals surface area (Å²) in [6.07, 6.45) is 0. The molecule has 16 heavy (non-hydrogen) atoms. The van der Waals surface area contributed by atoms with Crippen molar-refractivity contribution < 1.29 is 4.79 Å². The van der Waals surface area contributed by atoms with Crippen molar-refractivity contribution in [1.82, 2.24) is 9.80 Å². The Morgan fingerprint density at radius 3 is 2.25 bits per heavy atom. The largest absolute Gasteiger partial charge is 0.301 e. The molecule has 0 aromatic heterocycles. The number of nitrogens with zero attached hydrogens (tertiary/aromatic N) is 3. The average molecular weight is 233 g/mol. The van der Waals surface area contributed by atoms with Crippen LogP contribution in [0.25, 0.3) is 0 Å². The van der Waals surface area contributed by atoms with E-state index in [1.54, 1.807) is 19.0 Å². The predicted molar refractivity (Wildman–Crippen MR) is 66.7 cm³/mol. The first-order valence-electron chi connectivity index (χ1n) is 4.80. The van der Waals surface area contributed by atoms with Crippen LogP contribution in [0.2, 0.25) is 0 Å². The number of carbonyl (C=O) groups excluding carboxylic acids is 1. The molecule has 0 spiro atoms. The van der Waals surface area contributed by atoms with Gasteiger partial charge in [0.2, 0.25) is 5.84 Å². The minimum Gasteiger partial charge on any atom is -0.301 e. The highest BCUT2D eigenvalue weighted by Gasteiger charge is 2.34. The van der Waals surface area contributed by atoms with E-state index < -0.39 is 0 Å². The van der Waals surface area contributed by atoms with Gasteiger partial charge in [0.15, 0.2) is 5.11 Å². The van der Waals surface area contributed by atoms with Gasteiger partial charge < -0.3 is 4.90 Å². The third-order valence-corrected chi connectivity index (χ3v) is 2.93. The van der Waals surface area contributed by atoms with Crippen LogP contribution >= 0.6 is 12.2 Å². The molecule has 4 nitrogen and oxygen atoms in total. The lowest BCUT2D eigenvalue weighted by Gasteiger charge is -2.09. The molecule has 0 radical (unpaired) electrons. The number of amidine groups is 1. The number of thiocarbonyl (C=S) groups is 1. The highest BCUT2D eigenvalue weighted by molar-refractivity contribution is 7.80. The monoisotopic (exact) mass is 233 g/mol. The summed E-state index contributed by atoms with van der Waals surface area (Å²) in [6.45, 7) is 0. The number of aliphatic imine (C=N–C) groups is 1. The molecule has 0 N–H and O–H groups in total. The van der Waals surface area contributed by atoms with Gasteiger partial charge >= 0.3 is 0 Å². The van der Waals surface area contributed by atoms with E-state index >= 15 is 0 Å². The Bertz CT molecular complexity index is 469. The molecule has 1 aliphatic rings. The molecule has 1 aromatic rings. The van der Waals surface area contributed by atoms with E-state index in [-0.39, 0.29) is 5.91 Å². The molecular weight excluding hydrogens is 222 g/mol. The fraction of sp³-hybridized carbons (Fsp3) is 0.182. The van der Waals surface area contributed by atoms with E-state index in [1.807, 2.05) is 30.3 Å². The Labute approximate surface area is 99.2 Å². The van der Waals surface area contributed by atoms with Crippen LogP contribution in [0, 0.1) is 0 Å². The van der Waals surface area contributed by atoms with Crippen molar-refractivity contribution in [2.45, 2.75) is 0 Å². The average Bonchev–Trinajstić information content (AvgIpc) is 2.48. The van der Waals surface area contributed by atoms with Crippen LogP contribution in [-0.4, -0.2) is 40.8 Å². The second kappa shape index (κ2) is 4.02. The van der Waals surface area contributed by atoms with Crippen LogP contribution in [0.5, 0.6) is 0 Å². The maximum Gasteiger partial charge on any atom is 0.295 e. The minimum absolute atomic E-state index is 0.170. The maximum atomic E-state index is 11.8. The molecule has 1 saturated heterocycles. The topological polar surface area (TPSA) is 35.9 Å². The molecule has 0 unspecified atom stereocenters. The van der Waals surface area contributed by atoms with Gasteiger partial charge in [0, 0.05) is 14.1 Å². The highest BCUT2D eigenvalue weighted by Crippen LogP contribution is 2.16. The van der Waals surface area contributed by atoms with Gasteiger partial charge in [-0.25, -0.2) is 4.99 Å². The van der Waals surface area contributed by atoms with Crippen molar-refractivity contribution in [2.75, 3.05) is 14.1 Å². The van der Waals surface area contributed by atoms with Gasteiger partial charge in [-0.05, 0) is 24.4 Å². The van der Waals surface area contributed by atoms with Gasteiger partial charge in [0.25, 0.3) is 5.91 Å². The number of amides is 1. The Balaban J connectivity index is 2.39. The smallest absolute Gasteiger partial charge is 0.295 e. The quantitative estimate of drug-likeness (QED) is 0.688. The summed E-state index contributed by atoms with van der Waals surface area (Å²) in [6, 6.07) is 9.34. The van der Waals surface area contributed by atoms with E-state index in [0.29, 0.717) is 10.9 Å². The number of hydrogen-bond donors (Lipinski definition) is 0. The van der Waals surface area contributed by atoms with Crippen LogP contribution < -0.4 is 0 Å². The molecule has 1 amide bonds. The predicted octanol–water partition coefficient (Wildman–Crippen LogP) is 1.41. The number of benzene rings is 1. The third-order valence-electron chi connectivity index (χ3n) is 2.38. The highest BCUT2D eigenvalue weighted by atomic mass is 32.1. The summed E-state index contributed by atoms with van der Waals surface area (Å²) in [7, 11) is 3.39. The van der Waals surface area contributed by atoms with Gasteiger partial charge in [-0.3, -0.25) is 9.69 Å². The van der Waals surface area contributed by atoms with Crippen molar-refractivity contribution in [2.24, 2.45) is 4.99 Å². The van der Waals surface area contributed by atoms with Crippen molar-refractivity contribution >= 4 is 34.8 Å². The molecule has 1 fully saturated rings. The summed E-state index contributed by atoms with van der Waals surface area (Å²) in [5.41, 5.74) is 0.746. The number of rotatable bonds is 1. The molecule has 1 heterocycles. The lowest BCUT2D eigenvalue weighted by molar-refractivity contribution is -0.119. The molecule has 0 saturated carbocycles. The van der Waals surface area contributed by atoms with Crippen LogP contribution in [0.15, 0.2) is 35.3 Å². The van der Waals surface area contributed by atoms with Crippen LogP contribution in [0.3, 0.4) is 0 Å². The molecule has 0 bridgehead atoms. The van der Waals surface area contributed by atoms with Crippen molar-refractivity contribution in [3.8, 4) is 0 Å². The fourth-order valence-electron chi connectivity index (χ4n) is 1.44. The molecule has 0 atom stereocenters. The zero-order valence-corrected chi connectivity index (χ0v) is 9.86. The van der Waals surface area contributed by atoms with E-state index in [9.17, 15) is 4.79 Å². The lowest BCUT2D eigenvalue weighted by Crippen LogP contribution is -2.27. The van der Waals surface area contributed by atoms with Crippen LogP contribution in [0.4, 0.5) is 5.69 Å². The zero-order chi connectivity index (χ0) is 11.7. The summed E-state index contributed by atoms with van der Waals surface area (Å²) in [4.78, 5) is 19.1. The first kappa shape index (κ1) is 10.8. The van der Waals surface area contributed by atoms with Crippen molar-refractivity contribution in [1.29, 1.82) is 0 Å². The minimum atomic E-state index is -0.170. The molecule has 1 aliphatic heterocycles. The van der Waals surface area contributed by atoms with Crippen LogP contribution in [0.1, 0.15) is 0 Å². The Hall–Kier alpha value is -1.75. The summed E-state index contributed by atoms with van der Waals surface area (Å²) >= 11 is 5.08. The van der Waals surface area contributed by atoms with E-state index in [2.05, 4.69) is 4.99 Å². The van der Waals surface area contributed by atoms with E-state index in [1.165, 1.54) is 4.90 Å². The SMILES string of the molecule is CN1C(=O)C(=Nc2ccccc2)N(C)C1=S. The molecule has 2 rings (SSSR count). The number of likely N-dealkylation sites (N-methyl/N-ethyl adjacent to an activating group) is 2. The second-order valence-electron chi connectivity index (χ2n) is 3.48. The summed E-state index contributed by atoms with van der Waals surface area (Å²) < 4.78 is 0. The number of carbonyl (C=O) groups is 1. The number of hydrogen-bond acceptors (Lipinski definition) is 3. The molecule has 5 heteroatoms. The fourth-order valence-corrected chi connectivity index (χ4v) is 1.61. The van der Waals surface area contributed by atoms with Crippen molar-refractivity contribution in [3.63, 3.8) is 0 Å². The molecular formula is C11H11N3OS. The first-order valence-corrected chi connectivity index (χ1v) is 5.21. The van der Waals surface area contributed by atoms with Gasteiger partial charge in [-0.1, -0.05) is 18.2 Å². The lowest BCUT2D eigenvalue weighted by atomic mass is 10.3. The van der Waals surface area contributed by atoms with Crippen molar-refractivity contribution in [3.05, 3.63) is 30.3 Å². The van der Waals surface area contributed by atoms with Crippen LogP contribution in [-0.2, 0) is 4.79 Å². The zero-order valence-electron chi connectivity index (χ0n) is 9.04. The Kier molecular flexibility index (Phi) is 2.70. The first-order chi connectivity index (χ1) is 7.61. The van der Waals surface area contributed by atoms with Gasteiger partial charge in [0.05, 0.1) is 5.69 Å². The Morgan fingerprint density at radius 1 is 1.12 bits per heavy atom. The molecule has 1 aromatic carbocycles. The van der Waals surface area contributed by atoms with E-state index in [4.69, 9.17) is 12.2 Å². The second-order valence-corrected chi connectivity index (χ2v) is 3.84. The molecule has 82 valence electrons. The summed E-state index contributed by atoms with van der Waals surface area (Å²) in [5, 5.41) is 0.472. The maximum absolute atomic E-state index is 11.8. The van der Waals surface area contributed by atoms with E-state index in [0.717, 1.165) is 5.69 Å². The van der Waals surface area contributed by atoms with Gasteiger partial charge in [-0.2, -0.15) is 0 Å². The normalized spacial score (nSPS) is 18.8. The standard InChI is InChI=1S/C11H11N3OS/c1-13-9(10(15)14(2)11(13)16)12-8-6-4-3-5-7-8/h3-7H,1-2H3. The Morgan fingerprint density at radius 2 is 1.75 bits per heavy atom. The molecule has 0 aliphatic carbocycles. The number of para-hydroxylation sites is 1.